The third-order valence-corrected chi connectivity index (χ3v) is 3.15. The number of aromatic amines is 1. The lowest BCUT2D eigenvalue weighted by molar-refractivity contribution is -0.144. The number of imidazole rings is 1. The first-order valence-electron chi connectivity index (χ1n) is 6.06. The van der Waals surface area contributed by atoms with Crippen molar-refractivity contribution in [3.63, 3.8) is 0 Å². The summed E-state index contributed by atoms with van der Waals surface area (Å²) in [5, 5.41) is 9.24. The zero-order chi connectivity index (χ0) is 15.9. The van der Waals surface area contributed by atoms with Gasteiger partial charge in [0.05, 0.1) is 11.6 Å². The van der Waals surface area contributed by atoms with Gasteiger partial charge in [-0.1, -0.05) is 6.07 Å². The Labute approximate surface area is 122 Å². The SMILES string of the molecule is N#CC1=C(N)Oc2nc(C(F)(F)F)[nH]c2[C@@H]1c1cccnc1. The number of halogens is 3. The number of hydrogen-bond acceptors (Lipinski definition) is 5. The van der Waals surface area contributed by atoms with E-state index in [1.54, 1.807) is 12.1 Å². The molecule has 2 aromatic heterocycles. The summed E-state index contributed by atoms with van der Waals surface area (Å²) in [5.41, 5.74) is 6.15. The first kappa shape index (κ1) is 13.9. The quantitative estimate of drug-likeness (QED) is 0.839. The third kappa shape index (κ3) is 2.14. The van der Waals surface area contributed by atoms with Crippen LogP contribution in [0.25, 0.3) is 0 Å². The predicted molar refractivity (Wildman–Crippen MR) is 67.1 cm³/mol. The fourth-order valence-corrected chi connectivity index (χ4v) is 2.22. The molecule has 0 amide bonds. The van der Waals surface area contributed by atoms with Crippen molar-refractivity contribution < 1.29 is 17.9 Å². The number of ether oxygens (including phenoxy) is 1. The minimum absolute atomic E-state index is 0.00197. The van der Waals surface area contributed by atoms with E-state index < -0.39 is 17.9 Å². The average molecular weight is 307 g/mol. The molecule has 22 heavy (non-hydrogen) atoms. The molecule has 0 saturated carbocycles. The summed E-state index contributed by atoms with van der Waals surface area (Å²) < 4.78 is 43.5. The normalized spacial score (nSPS) is 17.6. The number of nitriles is 1. The molecule has 0 saturated heterocycles. The van der Waals surface area contributed by atoms with E-state index in [0.29, 0.717) is 5.56 Å². The number of pyridine rings is 1. The first-order valence-corrected chi connectivity index (χ1v) is 6.06. The Balaban J connectivity index is 2.19. The summed E-state index contributed by atoms with van der Waals surface area (Å²) in [7, 11) is 0. The molecule has 2 aromatic rings. The Bertz CT molecular complexity index is 788. The molecule has 0 radical (unpaired) electrons. The number of nitrogens with two attached hydrogens (primary N) is 1. The summed E-state index contributed by atoms with van der Waals surface area (Å²) in [4.78, 5) is 9.46. The smallest absolute Gasteiger partial charge is 0.420 e. The van der Waals surface area contributed by atoms with Gasteiger partial charge in [0.1, 0.15) is 11.6 Å². The van der Waals surface area contributed by atoms with Crippen molar-refractivity contribution in [2.24, 2.45) is 5.73 Å². The van der Waals surface area contributed by atoms with Crippen LogP contribution in [0.3, 0.4) is 0 Å². The van der Waals surface area contributed by atoms with Crippen LogP contribution >= 0.6 is 0 Å². The van der Waals surface area contributed by atoms with E-state index in [1.807, 2.05) is 6.07 Å². The number of rotatable bonds is 1. The minimum atomic E-state index is -4.66. The van der Waals surface area contributed by atoms with Crippen molar-refractivity contribution in [3.05, 3.63) is 53.1 Å². The van der Waals surface area contributed by atoms with Gasteiger partial charge in [-0.15, -0.1) is 0 Å². The Morgan fingerprint density at radius 2 is 2.18 bits per heavy atom. The molecule has 0 bridgehead atoms. The Morgan fingerprint density at radius 3 is 2.77 bits per heavy atom. The highest BCUT2D eigenvalue weighted by Crippen LogP contribution is 2.42. The highest BCUT2D eigenvalue weighted by atomic mass is 19.4. The minimum Gasteiger partial charge on any atom is -0.420 e. The lowest BCUT2D eigenvalue weighted by atomic mass is 9.89. The van der Waals surface area contributed by atoms with E-state index in [1.165, 1.54) is 12.4 Å². The summed E-state index contributed by atoms with van der Waals surface area (Å²) in [6.45, 7) is 0. The van der Waals surface area contributed by atoms with E-state index in [4.69, 9.17) is 10.5 Å². The summed E-state index contributed by atoms with van der Waals surface area (Å²) in [5.74, 6) is -2.62. The van der Waals surface area contributed by atoms with Crippen molar-refractivity contribution in [1.29, 1.82) is 5.26 Å². The first-order chi connectivity index (χ1) is 10.4. The molecule has 3 heterocycles. The van der Waals surface area contributed by atoms with E-state index in [9.17, 15) is 18.4 Å². The van der Waals surface area contributed by atoms with Gasteiger partial charge in [0.2, 0.25) is 17.6 Å². The van der Waals surface area contributed by atoms with Crippen LogP contribution < -0.4 is 10.5 Å². The van der Waals surface area contributed by atoms with Crippen molar-refractivity contribution in [2.75, 3.05) is 0 Å². The molecule has 1 aliphatic heterocycles. The van der Waals surface area contributed by atoms with Crippen LogP contribution in [0.4, 0.5) is 13.2 Å². The Morgan fingerprint density at radius 1 is 1.41 bits per heavy atom. The molecule has 0 unspecified atom stereocenters. The number of nitrogens with zero attached hydrogens (tertiary/aromatic N) is 3. The van der Waals surface area contributed by atoms with Crippen LogP contribution in [-0.4, -0.2) is 15.0 Å². The molecule has 0 aromatic carbocycles. The molecular formula is C13H8F3N5O. The standard InChI is InChI=1S/C13H8F3N5O/c14-13(15,16)12-20-9-8(6-2-1-3-19-5-6)7(4-17)10(18)22-11(9)21-12/h1-3,5,8H,18H2,(H,20,21)/t8-/m1/s1. The van der Waals surface area contributed by atoms with Crippen molar-refractivity contribution in [1.82, 2.24) is 15.0 Å². The summed E-state index contributed by atoms with van der Waals surface area (Å²) in [6, 6.07) is 5.10. The Kier molecular flexibility index (Phi) is 3.02. The maximum Gasteiger partial charge on any atom is 0.449 e. The maximum atomic E-state index is 12.8. The lowest BCUT2D eigenvalue weighted by Gasteiger charge is -2.22. The molecule has 0 spiro atoms. The third-order valence-electron chi connectivity index (χ3n) is 3.15. The number of aromatic nitrogens is 3. The molecule has 6 nitrogen and oxygen atoms in total. The van der Waals surface area contributed by atoms with Crippen molar-refractivity contribution in [3.8, 4) is 11.9 Å². The second kappa shape index (κ2) is 4.77. The van der Waals surface area contributed by atoms with Gasteiger partial charge in [-0.2, -0.15) is 23.4 Å². The molecule has 0 fully saturated rings. The molecule has 9 heteroatoms. The molecule has 0 aliphatic carbocycles. The van der Waals surface area contributed by atoms with Gasteiger partial charge in [-0.3, -0.25) is 4.98 Å². The fourth-order valence-electron chi connectivity index (χ4n) is 2.22. The molecule has 1 atom stereocenters. The van der Waals surface area contributed by atoms with Crippen LogP contribution in [0.2, 0.25) is 0 Å². The average Bonchev–Trinajstić information content (AvgIpc) is 2.90. The monoisotopic (exact) mass is 307 g/mol. The number of hydrogen-bond donors (Lipinski definition) is 2. The fraction of sp³-hybridized carbons (Fsp3) is 0.154. The number of fused-ring (bicyclic) bond motifs is 1. The number of alkyl halides is 3. The maximum absolute atomic E-state index is 12.8. The second-order valence-corrected chi connectivity index (χ2v) is 4.51. The molecule has 1 aliphatic rings. The van der Waals surface area contributed by atoms with Gasteiger partial charge in [-0.25, -0.2) is 0 Å². The van der Waals surface area contributed by atoms with Crippen LogP contribution in [0, 0.1) is 11.3 Å². The zero-order valence-electron chi connectivity index (χ0n) is 10.8. The van der Waals surface area contributed by atoms with Crippen LogP contribution in [-0.2, 0) is 6.18 Å². The largest absolute Gasteiger partial charge is 0.449 e. The van der Waals surface area contributed by atoms with Gasteiger partial charge < -0.3 is 15.5 Å². The molecular weight excluding hydrogens is 299 g/mol. The summed E-state index contributed by atoms with van der Waals surface area (Å²) in [6.07, 6.45) is -1.71. The van der Waals surface area contributed by atoms with E-state index in [2.05, 4.69) is 15.0 Å². The molecule has 3 N–H and O–H groups in total. The van der Waals surface area contributed by atoms with Crippen LogP contribution in [0.1, 0.15) is 23.0 Å². The van der Waals surface area contributed by atoms with E-state index in [0.717, 1.165) is 0 Å². The van der Waals surface area contributed by atoms with Gasteiger partial charge in [0.25, 0.3) is 0 Å². The highest BCUT2D eigenvalue weighted by Gasteiger charge is 2.40. The molecule has 3 rings (SSSR count). The van der Waals surface area contributed by atoms with Gasteiger partial charge in [-0.05, 0) is 11.6 Å². The number of allylic oxidation sites excluding steroid dienone is 1. The van der Waals surface area contributed by atoms with Gasteiger partial charge >= 0.3 is 6.18 Å². The van der Waals surface area contributed by atoms with Crippen LogP contribution in [0.5, 0.6) is 5.88 Å². The van der Waals surface area contributed by atoms with Crippen LogP contribution in [0.15, 0.2) is 36.0 Å². The van der Waals surface area contributed by atoms with Gasteiger partial charge in [0.15, 0.2) is 0 Å². The van der Waals surface area contributed by atoms with Crippen molar-refractivity contribution in [2.45, 2.75) is 12.1 Å². The summed E-state index contributed by atoms with van der Waals surface area (Å²) >= 11 is 0. The number of nitrogens with one attached hydrogen (secondary N) is 1. The topological polar surface area (TPSA) is 101 Å². The van der Waals surface area contributed by atoms with E-state index >= 15 is 0 Å². The predicted octanol–water partition coefficient (Wildman–Crippen LogP) is 2.04. The zero-order valence-corrected chi connectivity index (χ0v) is 10.8. The number of H-pyrrole nitrogens is 1. The Hall–Kier alpha value is -3.02. The van der Waals surface area contributed by atoms with Gasteiger partial charge in [0, 0.05) is 12.4 Å². The second-order valence-electron chi connectivity index (χ2n) is 4.51. The highest BCUT2D eigenvalue weighted by molar-refractivity contribution is 5.51. The van der Waals surface area contributed by atoms with Crippen molar-refractivity contribution >= 4 is 0 Å². The van der Waals surface area contributed by atoms with E-state index in [-0.39, 0.29) is 23.0 Å². The molecule has 112 valence electrons. The lowest BCUT2D eigenvalue weighted by Crippen LogP contribution is -2.21.